The highest BCUT2D eigenvalue weighted by Gasteiger charge is 2.03. The summed E-state index contributed by atoms with van der Waals surface area (Å²) in [4.78, 5) is 2.17. The van der Waals surface area contributed by atoms with Crippen LogP contribution in [0.4, 0.5) is 5.69 Å². The average Bonchev–Trinajstić information content (AvgIpc) is 2.08. The molecule has 0 spiro atoms. The molecule has 0 saturated carbocycles. The highest BCUT2D eigenvalue weighted by Crippen LogP contribution is 2.27. The monoisotopic (exact) mass is 270 g/mol. The van der Waals surface area contributed by atoms with E-state index >= 15 is 0 Å². The molecule has 0 aliphatic heterocycles. The molecule has 0 amide bonds. The minimum absolute atomic E-state index is 0.968. The van der Waals surface area contributed by atoms with E-state index in [0.29, 0.717) is 0 Å². The van der Waals surface area contributed by atoms with E-state index in [1.807, 2.05) is 0 Å². The molecule has 0 unspecified atom stereocenters. The van der Waals surface area contributed by atoms with E-state index in [-0.39, 0.29) is 0 Å². The van der Waals surface area contributed by atoms with Crippen molar-refractivity contribution < 1.29 is 0 Å². The zero-order valence-corrected chi connectivity index (χ0v) is 11.5. The summed E-state index contributed by atoms with van der Waals surface area (Å²) in [5.74, 6) is 0. The Morgan fingerprint density at radius 3 is 2.47 bits per heavy atom. The van der Waals surface area contributed by atoms with Crippen molar-refractivity contribution in [3.8, 4) is 0 Å². The first-order valence-electron chi connectivity index (χ1n) is 5.16. The molecule has 0 bridgehead atoms. The first-order valence-corrected chi connectivity index (χ1v) is 5.95. The lowest BCUT2D eigenvalue weighted by Gasteiger charge is -2.15. The molecular formula is C12H19BrN2. The fourth-order valence-corrected chi connectivity index (χ4v) is 2.36. The van der Waals surface area contributed by atoms with Crippen molar-refractivity contribution in [2.75, 3.05) is 32.5 Å². The van der Waals surface area contributed by atoms with Gasteiger partial charge in [-0.25, -0.2) is 0 Å². The molecule has 0 radical (unpaired) electrons. The van der Waals surface area contributed by atoms with Crippen LogP contribution in [0.2, 0.25) is 0 Å². The third kappa shape index (κ3) is 3.84. The number of nitrogens with one attached hydrogen (secondary N) is 1. The van der Waals surface area contributed by atoms with Gasteiger partial charge in [-0.2, -0.15) is 0 Å². The number of halogens is 1. The Labute approximate surface area is 101 Å². The predicted octanol–water partition coefficient (Wildman–Crippen LogP) is 3.04. The van der Waals surface area contributed by atoms with E-state index in [0.717, 1.165) is 17.6 Å². The fraction of sp³-hybridized carbons (Fsp3) is 0.500. The van der Waals surface area contributed by atoms with Crippen molar-refractivity contribution in [3.63, 3.8) is 0 Å². The zero-order chi connectivity index (χ0) is 11.4. The van der Waals surface area contributed by atoms with E-state index in [4.69, 9.17) is 0 Å². The largest absolute Gasteiger partial charge is 0.383 e. The van der Waals surface area contributed by atoms with Gasteiger partial charge in [0.15, 0.2) is 0 Å². The number of benzene rings is 1. The maximum Gasteiger partial charge on any atom is 0.0514 e. The lowest BCUT2D eigenvalue weighted by molar-refractivity contribution is 0.425. The molecule has 15 heavy (non-hydrogen) atoms. The molecule has 0 atom stereocenters. The Kier molecular flexibility index (Phi) is 4.61. The maximum absolute atomic E-state index is 3.59. The molecule has 0 fully saturated rings. The molecule has 1 N–H and O–H groups in total. The molecule has 1 rings (SSSR count). The normalized spacial score (nSPS) is 10.8. The van der Waals surface area contributed by atoms with Crippen molar-refractivity contribution in [2.45, 2.75) is 13.8 Å². The molecule has 0 heterocycles. The lowest BCUT2D eigenvalue weighted by Crippen LogP contribution is -2.21. The van der Waals surface area contributed by atoms with Crippen molar-refractivity contribution in [1.29, 1.82) is 0 Å². The van der Waals surface area contributed by atoms with Crippen LogP contribution in [0.25, 0.3) is 0 Å². The third-order valence-electron chi connectivity index (χ3n) is 2.29. The van der Waals surface area contributed by atoms with Crippen LogP contribution in [0.15, 0.2) is 16.6 Å². The SMILES string of the molecule is Cc1cc(C)c(NCCN(C)C)c(Br)c1. The third-order valence-corrected chi connectivity index (χ3v) is 2.92. The van der Waals surface area contributed by atoms with Gasteiger partial charge < -0.3 is 10.2 Å². The van der Waals surface area contributed by atoms with Crippen molar-refractivity contribution in [1.82, 2.24) is 4.90 Å². The van der Waals surface area contributed by atoms with Crippen molar-refractivity contribution in [2.24, 2.45) is 0 Å². The van der Waals surface area contributed by atoms with Gasteiger partial charge in [-0.05, 0) is 61.1 Å². The van der Waals surface area contributed by atoms with Gasteiger partial charge in [0.1, 0.15) is 0 Å². The minimum Gasteiger partial charge on any atom is -0.383 e. The average molecular weight is 271 g/mol. The lowest BCUT2D eigenvalue weighted by atomic mass is 10.1. The van der Waals surface area contributed by atoms with Crippen LogP contribution in [-0.2, 0) is 0 Å². The molecule has 0 aliphatic rings. The van der Waals surface area contributed by atoms with Gasteiger partial charge in [0, 0.05) is 17.6 Å². The molecule has 0 aliphatic carbocycles. The fourth-order valence-electron chi connectivity index (χ4n) is 1.54. The second-order valence-electron chi connectivity index (χ2n) is 4.17. The Morgan fingerprint density at radius 1 is 1.27 bits per heavy atom. The Morgan fingerprint density at radius 2 is 1.93 bits per heavy atom. The standard InChI is InChI=1S/C12H19BrN2/c1-9-7-10(2)12(11(13)8-9)14-5-6-15(3)4/h7-8,14H,5-6H2,1-4H3. The van der Waals surface area contributed by atoms with Crippen molar-refractivity contribution in [3.05, 3.63) is 27.7 Å². The van der Waals surface area contributed by atoms with E-state index in [2.05, 4.69) is 66.2 Å². The molecule has 84 valence electrons. The molecule has 3 heteroatoms. The highest BCUT2D eigenvalue weighted by atomic mass is 79.9. The molecule has 1 aromatic carbocycles. The number of hydrogen-bond acceptors (Lipinski definition) is 2. The summed E-state index contributed by atoms with van der Waals surface area (Å²) in [5.41, 5.74) is 3.79. The second-order valence-corrected chi connectivity index (χ2v) is 5.02. The van der Waals surface area contributed by atoms with Crippen LogP contribution in [0.3, 0.4) is 0 Å². The summed E-state index contributed by atoms with van der Waals surface area (Å²) in [5, 5.41) is 3.45. The second kappa shape index (κ2) is 5.52. The van der Waals surface area contributed by atoms with Crippen LogP contribution < -0.4 is 5.32 Å². The smallest absolute Gasteiger partial charge is 0.0514 e. The molecule has 0 saturated heterocycles. The summed E-state index contributed by atoms with van der Waals surface area (Å²) in [6.45, 7) is 6.26. The Balaban J connectivity index is 2.68. The van der Waals surface area contributed by atoms with E-state index < -0.39 is 0 Å². The summed E-state index contributed by atoms with van der Waals surface area (Å²) in [6, 6.07) is 4.34. The summed E-state index contributed by atoms with van der Waals surface area (Å²) in [7, 11) is 4.16. The van der Waals surface area contributed by atoms with Gasteiger partial charge in [-0.3, -0.25) is 0 Å². The zero-order valence-electron chi connectivity index (χ0n) is 9.89. The van der Waals surface area contributed by atoms with E-state index in [1.165, 1.54) is 16.8 Å². The number of anilines is 1. The van der Waals surface area contributed by atoms with Crippen LogP contribution in [0, 0.1) is 13.8 Å². The summed E-state index contributed by atoms with van der Waals surface area (Å²) >= 11 is 3.59. The topological polar surface area (TPSA) is 15.3 Å². The molecule has 0 aromatic heterocycles. The summed E-state index contributed by atoms with van der Waals surface area (Å²) < 4.78 is 1.15. The summed E-state index contributed by atoms with van der Waals surface area (Å²) in [6.07, 6.45) is 0. The Bertz CT molecular complexity index is 311. The quantitative estimate of drug-likeness (QED) is 0.905. The Hall–Kier alpha value is -0.540. The maximum atomic E-state index is 3.59. The molecule has 2 nitrogen and oxygen atoms in total. The molecular weight excluding hydrogens is 252 g/mol. The van der Waals surface area contributed by atoms with Crippen molar-refractivity contribution >= 4 is 21.6 Å². The number of nitrogens with zero attached hydrogens (tertiary/aromatic N) is 1. The van der Waals surface area contributed by atoms with Gasteiger partial charge in [-0.15, -0.1) is 0 Å². The highest BCUT2D eigenvalue weighted by molar-refractivity contribution is 9.10. The number of rotatable bonds is 4. The molecule has 1 aromatic rings. The first kappa shape index (κ1) is 12.5. The van der Waals surface area contributed by atoms with E-state index in [9.17, 15) is 0 Å². The van der Waals surface area contributed by atoms with Gasteiger partial charge in [0.25, 0.3) is 0 Å². The van der Waals surface area contributed by atoms with E-state index in [1.54, 1.807) is 0 Å². The number of likely N-dealkylation sites (N-methyl/N-ethyl adjacent to an activating group) is 1. The van der Waals surface area contributed by atoms with Gasteiger partial charge >= 0.3 is 0 Å². The number of aryl methyl sites for hydroxylation is 2. The van der Waals surface area contributed by atoms with Crippen LogP contribution in [0.5, 0.6) is 0 Å². The van der Waals surface area contributed by atoms with Gasteiger partial charge in [0.2, 0.25) is 0 Å². The minimum atomic E-state index is 0.968. The predicted molar refractivity (Wildman–Crippen MR) is 70.7 cm³/mol. The van der Waals surface area contributed by atoms with Gasteiger partial charge in [-0.1, -0.05) is 6.07 Å². The first-order chi connectivity index (χ1) is 7.00. The van der Waals surface area contributed by atoms with Gasteiger partial charge in [0.05, 0.1) is 5.69 Å². The number of hydrogen-bond donors (Lipinski definition) is 1. The van der Waals surface area contributed by atoms with Crippen LogP contribution >= 0.6 is 15.9 Å². The van der Waals surface area contributed by atoms with Crippen LogP contribution in [-0.4, -0.2) is 32.1 Å². The van der Waals surface area contributed by atoms with Crippen LogP contribution in [0.1, 0.15) is 11.1 Å².